The van der Waals surface area contributed by atoms with Crippen LogP contribution in [0.4, 0.5) is 0 Å². The second-order valence-corrected chi connectivity index (χ2v) is 14.2. The van der Waals surface area contributed by atoms with Crippen LogP contribution in [-0.2, 0) is 9.47 Å². The summed E-state index contributed by atoms with van der Waals surface area (Å²) < 4.78 is 13.3. The molecule has 0 N–H and O–H groups in total. The fourth-order valence-electron chi connectivity index (χ4n) is 4.67. The average Bonchev–Trinajstić information content (AvgIpc) is 2.53. The Kier molecular flexibility index (Phi) is 6.81. The summed E-state index contributed by atoms with van der Waals surface area (Å²) >= 11 is 5.97. The monoisotopic (exact) mass is 348 g/mol. The molecule has 0 bridgehead atoms. The first kappa shape index (κ1) is 18.0. The highest BCUT2D eigenvalue weighted by Gasteiger charge is 2.58. The van der Waals surface area contributed by atoms with Crippen LogP contribution in [-0.4, -0.2) is 47.1 Å². The molecular weight excluding hydrogens is 316 g/mol. The van der Waals surface area contributed by atoms with Gasteiger partial charge in [0.15, 0.2) is 0 Å². The van der Waals surface area contributed by atoms with Crippen LogP contribution in [0.25, 0.3) is 0 Å². The molecule has 0 aromatic rings. The molecule has 0 aliphatic carbocycles. The Morgan fingerprint density at radius 2 is 1.48 bits per heavy atom. The van der Waals surface area contributed by atoms with E-state index in [1.807, 2.05) is 0 Å². The summed E-state index contributed by atoms with van der Waals surface area (Å²) in [5.74, 6) is 0.792. The molecule has 2 aliphatic heterocycles. The normalized spacial score (nSPS) is 35.9. The van der Waals surface area contributed by atoms with Gasteiger partial charge in [0.05, 0.1) is 28.0 Å². The van der Waals surface area contributed by atoms with Gasteiger partial charge in [-0.25, -0.2) is 0 Å². The topological polar surface area (TPSA) is 18.5 Å². The summed E-state index contributed by atoms with van der Waals surface area (Å²) in [6.07, 6.45) is 8.75. The standard InChI is InChI=1S/C16H33ClO2Si2/c1-20(2)15(9-4-6-12-18-15)16(10-5-7-13-19-16)21(3)14-8-11-17/h20-21H,4-14H2,1-3H3. The molecule has 3 unspecified atom stereocenters. The van der Waals surface area contributed by atoms with E-state index in [9.17, 15) is 0 Å². The zero-order valence-electron chi connectivity index (χ0n) is 14.1. The molecule has 2 heterocycles. The second kappa shape index (κ2) is 7.96. The maximum absolute atomic E-state index is 6.66. The van der Waals surface area contributed by atoms with E-state index in [0.29, 0.717) is 0 Å². The molecule has 2 rings (SSSR count). The van der Waals surface area contributed by atoms with Gasteiger partial charge in [0.2, 0.25) is 0 Å². The fourth-order valence-corrected chi connectivity index (χ4v) is 12.8. The molecule has 0 saturated carbocycles. The van der Waals surface area contributed by atoms with E-state index in [1.54, 1.807) is 0 Å². The van der Waals surface area contributed by atoms with Crippen LogP contribution < -0.4 is 0 Å². The number of hydrogen-bond acceptors (Lipinski definition) is 2. The van der Waals surface area contributed by atoms with Crippen LogP contribution >= 0.6 is 11.6 Å². The molecule has 0 amide bonds. The van der Waals surface area contributed by atoms with Gasteiger partial charge < -0.3 is 9.47 Å². The van der Waals surface area contributed by atoms with Gasteiger partial charge in [-0.15, -0.1) is 11.6 Å². The third-order valence-corrected chi connectivity index (χ3v) is 13.0. The Labute approximate surface area is 139 Å². The van der Waals surface area contributed by atoms with Gasteiger partial charge in [-0.05, 0) is 44.9 Å². The number of ether oxygens (including phenoxy) is 2. The molecule has 0 spiro atoms. The van der Waals surface area contributed by atoms with E-state index in [2.05, 4.69) is 19.6 Å². The highest BCUT2D eigenvalue weighted by Crippen LogP contribution is 2.47. The number of alkyl halides is 1. The number of halogens is 1. The van der Waals surface area contributed by atoms with Gasteiger partial charge in [-0.1, -0.05) is 25.7 Å². The van der Waals surface area contributed by atoms with Crippen molar-refractivity contribution < 1.29 is 9.47 Å². The first-order valence-electron chi connectivity index (χ1n) is 8.93. The van der Waals surface area contributed by atoms with E-state index >= 15 is 0 Å². The van der Waals surface area contributed by atoms with Crippen molar-refractivity contribution in [3.05, 3.63) is 0 Å². The van der Waals surface area contributed by atoms with Gasteiger partial charge >= 0.3 is 0 Å². The van der Waals surface area contributed by atoms with E-state index < -0.39 is 17.6 Å². The quantitative estimate of drug-likeness (QED) is 0.535. The summed E-state index contributed by atoms with van der Waals surface area (Å²) in [5.41, 5.74) is 0. The van der Waals surface area contributed by atoms with Crippen LogP contribution in [0.3, 0.4) is 0 Å². The highest BCUT2D eigenvalue weighted by molar-refractivity contribution is 6.67. The molecule has 2 fully saturated rings. The molecule has 5 heteroatoms. The molecule has 2 aliphatic rings. The minimum Gasteiger partial charge on any atom is -0.376 e. The summed E-state index contributed by atoms with van der Waals surface area (Å²) in [5, 5.41) is 0.196. The molecule has 0 aromatic heterocycles. The minimum atomic E-state index is -1.03. The third kappa shape index (κ3) is 3.44. The summed E-state index contributed by atoms with van der Waals surface area (Å²) in [6, 6.07) is 1.30. The maximum atomic E-state index is 6.66. The van der Waals surface area contributed by atoms with E-state index in [-0.39, 0.29) is 10.4 Å². The lowest BCUT2D eigenvalue weighted by molar-refractivity contribution is -0.164. The van der Waals surface area contributed by atoms with Gasteiger partial charge in [0.1, 0.15) is 0 Å². The van der Waals surface area contributed by atoms with Crippen molar-refractivity contribution in [2.45, 2.75) is 81.1 Å². The fraction of sp³-hybridized carbons (Fsp3) is 1.00. The lowest BCUT2D eigenvalue weighted by atomic mass is 9.96. The van der Waals surface area contributed by atoms with E-state index in [4.69, 9.17) is 21.1 Å². The molecule has 2 saturated heterocycles. The van der Waals surface area contributed by atoms with Gasteiger partial charge in [0.25, 0.3) is 0 Å². The van der Waals surface area contributed by atoms with E-state index in [1.165, 1.54) is 44.6 Å². The molecule has 3 atom stereocenters. The van der Waals surface area contributed by atoms with Gasteiger partial charge in [-0.3, -0.25) is 0 Å². The first-order chi connectivity index (χ1) is 10.1. The van der Waals surface area contributed by atoms with Crippen molar-refractivity contribution in [2.75, 3.05) is 19.1 Å². The Hall–Kier alpha value is 0.644. The van der Waals surface area contributed by atoms with Gasteiger partial charge in [0, 0.05) is 19.1 Å². The number of rotatable bonds is 6. The molecular formula is C16H33ClO2Si2. The summed E-state index contributed by atoms with van der Waals surface area (Å²) in [6.45, 7) is 9.38. The van der Waals surface area contributed by atoms with Crippen molar-refractivity contribution in [1.29, 1.82) is 0 Å². The van der Waals surface area contributed by atoms with Crippen molar-refractivity contribution in [1.82, 2.24) is 0 Å². The Bertz CT molecular complexity index is 313. The smallest absolute Gasteiger partial charge is 0.0800 e. The molecule has 0 aromatic carbocycles. The predicted octanol–water partition coefficient (Wildman–Crippen LogP) is 3.92. The zero-order valence-corrected chi connectivity index (χ0v) is 17.2. The first-order valence-corrected chi connectivity index (χ1v) is 14.9. The highest BCUT2D eigenvalue weighted by atomic mass is 35.5. The zero-order chi connectivity index (χ0) is 15.3. The van der Waals surface area contributed by atoms with Crippen LogP contribution in [0.1, 0.15) is 44.9 Å². The average molecular weight is 349 g/mol. The summed E-state index contributed by atoms with van der Waals surface area (Å²) in [7, 11) is -1.99. The van der Waals surface area contributed by atoms with Crippen LogP contribution in [0, 0.1) is 0 Å². The largest absolute Gasteiger partial charge is 0.376 e. The Morgan fingerprint density at radius 1 is 0.905 bits per heavy atom. The Balaban J connectivity index is 2.31. The molecule has 124 valence electrons. The van der Waals surface area contributed by atoms with Gasteiger partial charge in [-0.2, -0.15) is 0 Å². The van der Waals surface area contributed by atoms with E-state index in [0.717, 1.165) is 25.5 Å². The molecule has 21 heavy (non-hydrogen) atoms. The maximum Gasteiger partial charge on any atom is 0.0800 e. The molecule has 2 nitrogen and oxygen atoms in total. The summed E-state index contributed by atoms with van der Waals surface area (Å²) in [4.78, 5) is 0. The predicted molar refractivity (Wildman–Crippen MR) is 97.1 cm³/mol. The van der Waals surface area contributed by atoms with Crippen LogP contribution in [0.5, 0.6) is 0 Å². The van der Waals surface area contributed by atoms with Crippen molar-refractivity contribution in [3.8, 4) is 0 Å². The van der Waals surface area contributed by atoms with Crippen molar-refractivity contribution in [3.63, 3.8) is 0 Å². The van der Waals surface area contributed by atoms with Crippen LogP contribution in [0.2, 0.25) is 25.7 Å². The lowest BCUT2D eigenvalue weighted by Gasteiger charge is -2.58. The second-order valence-electron chi connectivity index (χ2n) is 7.28. The van der Waals surface area contributed by atoms with Crippen LogP contribution in [0.15, 0.2) is 0 Å². The van der Waals surface area contributed by atoms with Crippen molar-refractivity contribution >= 4 is 29.2 Å². The molecule has 0 radical (unpaired) electrons. The SMILES string of the molecule is C[SiH](C)C1(C2([SiH](C)CCCCl)CCCCO2)CCCCO1. The number of hydrogen-bond donors (Lipinski definition) is 0. The Morgan fingerprint density at radius 3 is 1.90 bits per heavy atom. The lowest BCUT2D eigenvalue weighted by Crippen LogP contribution is -2.71. The third-order valence-electron chi connectivity index (χ3n) is 5.82. The van der Waals surface area contributed by atoms with Crippen molar-refractivity contribution in [2.24, 2.45) is 0 Å². The minimum absolute atomic E-state index is 0.0954.